The monoisotopic (exact) mass is 481 g/mol. The van der Waals surface area contributed by atoms with Gasteiger partial charge in [0.1, 0.15) is 5.65 Å². The summed E-state index contributed by atoms with van der Waals surface area (Å²) in [4.78, 5) is 25.7. The van der Waals surface area contributed by atoms with Gasteiger partial charge < -0.3 is 14.5 Å². The second kappa shape index (κ2) is 8.26. The Morgan fingerprint density at radius 3 is 2.80 bits per heavy atom. The molecule has 0 aromatic carbocycles. The van der Waals surface area contributed by atoms with E-state index in [4.69, 9.17) is 4.74 Å². The molecule has 0 bridgehead atoms. The minimum atomic E-state index is -2.69. The van der Waals surface area contributed by atoms with E-state index in [1.807, 2.05) is 35.2 Å². The number of ether oxygens (including phenoxy) is 1. The van der Waals surface area contributed by atoms with Crippen LogP contribution >= 0.6 is 0 Å². The summed E-state index contributed by atoms with van der Waals surface area (Å²) < 4.78 is 36.1. The quantitative estimate of drug-likeness (QED) is 0.447. The molecule has 1 atom stereocenters. The smallest absolute Gasteiger partial charge is 0.255 e. The van der Waals surface area contributed by atoms with E-state index in [1.165, 1.54) is 11.1 Å². The molecule has 2 fully saturated rings. The van der Waals surface area contributed by atoms with Crippen molar-refractivity contribution in [1.29, 1.82) is 0 Å². The molecule has 0 radical (unpaired) electrons. The van der Waals surface area contributed by atoms with Crippen LogP contribution in [0.25, 0.3) is 22.4 Å². The molecule has 2 aliphatic rings. The third-order valence-corrected chi connectivity index (χ3v) is 6.76. The first-order valence-corrected chi connectivity index (χ1v) is 11.7. The molecule has 2 saturated heterocycles. The fourth-order valence-electron chi connectivity index (χ4n) is 4.72. The molecule has 4 aromatic rings. The molecule has 182 valence electrons. The summed E-state index contributed by atoms with van der Waals surface area (Å²) in [6.07, 6.45) is 4.69. The number of rotatable bonds is 3. The van der Waals surface area contributed by atoms with Crippen LogP contribution in [-0.2, 0) is 4.74 Å². The first kappa shape index (κ1) is 21.9. The number of hydrogen-bond donors (Lipinski definition) is 0. The highest BCUT2D eigenvalue weighted by Crippen LogP contribution is 2.29. The summed E-state index contributed by atoms with van der Waals surface area (Å²) in [6.45, 7) is 4.24. The lowest BCUT2D eigenvalue weighted by atomic mass is 10.1. The largest absolute Gasteiger partial charge is 0.377 e. The van der Waals surface area contributed by atoms with Crippen LogP contribution in [0.1, 0.15) is 30.1 Å². The zero-order valence-electron chi connectivity index (χ0n) is 19.3. The van der Waals surface area contributed by atoms with Gasteiger partial charge in [-0.3, -0.25) is 9.36 Å². The Kier molecular flexibility index (Phi) is 5.17. The number of anilines is 1. The van der Waals surface area contributed by atoms with Crippen molar-refractivity contribution in [3.05, 3.63) is 48.4 Å². The maximum atomic E-state index is 13.5. The molecule has 4 aromatic heterocycles. The number of piperidine rings is 1. The zero-order chi connectivity index (χ0) is 24.2. The van der Waals surface area contributed by atoms with E-state index in [-0.39, 0.29) is 37.9 Å². The Morgan fingerprint density at radius 2 is 2.00 bits per heavy atom. The van der Waals surface area contributed by atoms with Crippen LogP contribution in [-0.4, -0.2) is 79.8 Å². The Hall–Kier alpha value is -3.60. The van der Waals surface area contributed by atoms with Crippen molar-refractivity contribution in [3.8, 4) is 5.69 Å². The number of alkyl halides is 2. The summed E-state index contributed by atoms with van der Waals surface area (Å²) in [5.74, 6) is -2.29. The average molecular weight is 482 g/mol. The van der Waals surface area contributed by atoms with E-state index in [0.717, 1.165) is 23.3 Å². The average Bonchev–Trinajstić information content (AvgIpc) is 3.47. The molecule has 6 rings (SSSR count). The van der Waals surface area contributed by atoms with Gasteiger partial charge in [0.25, 0.3) is 11.8 Å². The molecular formula is C24H25F2N7O2. The minimum absolute atomic E-state index is 0.0496. The molecule has 1 amide bonds. The summed E-state index contributed by atoms with van der Waals surface area (Å²) in [5, 5.41) is 5.47. The van der Waals surface area contributed by atoms with Crippen LogP contribution in [0.3, 0.4) is 0 Å². The lowest BCUT2D eigenvalue weighted by molar-refractivity contribution is -0.0494. The van der Waals surface area contributed by atoms with Gasteiger partial charge in [-0.2, -0.15) is 4.98 Å². The molecule has 11 heteroatoms. The van der Waals surface area contributed by atoms with Gasteiger partial charge in [-0.05, 0) is 31.2 Å². The molecule has 6 heterocycles. The molecule has 9 nitrogen and oxygen atoms in total. The number of carbonyl (C=O) groups is 1. The summed E-state index contributed by atoms with van der Waals surface area (Å²) in [7, 11) is 0. The predicted molar refractivity (Wildman–Crippen MR) is 125 cm³/mol. The molecule has 35 heavy (non-hydrogen) atoms. The van der Waals surface area contributed by atoms with Crippen molar-refractivity contribution in [3.63, 3.8) is 0 Å². The van der Waals surface area contributed by atoms with Gasteiger partial charge in [0.2, 0.25) is 5.95 Å². The number of aromatic nitrogens is 5. The number of amides is 1. The Balaban J connectivity index is 1.27. The standard InChI is InChI=1S/C24H25F2N7O2/c1-16-15-35-11-10-31(16)23-28-20-3-2-19(14-33(20)29-23)32-7-4-17-12-18(13-27-21(17)32)22(34)30-8-5-24(25,26)6-9-30/h2-4,7,12-14,16H,5-6,8-11,15H2,1H3/t16-/m0/s1. The Bertz CT molecular complexity index is 1410. The number of carbonyl (C=O) groups excluding carboxylic acids is 1. The maximum absolute atomic E-state index is 13.5. The van der Waals surface area contributed by atoms with E-state index in [9.17, 15) is 13.6 Å². The summed E-state index contributed by atoms with van der Waals surface area (Å²) in [6, 6.07) is 7.71. The van der Waals surface area contributed by atoms with Crippen LogP contribution in [0.5, 0.6) is 0 Å². The van der Waals surface area contributed by atoms with E-state index in [1.54, 1.807) is 10.6 Å². The van der Waals surface area contributed by atoms with E-state index in [0.29, 0.717) is 30.4 Å². The number of morpholine rings is 1. The predicted octanol–water partition coefficient (Wildman–Crippen LogP) is 3.16. The first-order chi connectivity index (χ1) is 16.9. The second-order valence-corrected chi connectivity index (χ2v) is 9.19. The van der Waals surface area contributed by atoms with Crippen LogP contribution < -0.4 is 4.90 Å². The topological polar surface area (TPSA) is 80.8 Å². The van der Waals surface area contributed by atoms with E-state index < -0.39 is 5.92 Å². The molecule has 0 N–H and O–H groups in total. The maximum Gasteiger partial charge on any atom is 0.255 e. The highest BCUT2D eigenvalue weighted by Gasteiger charge is 2.36. The van der Waals surface area contributed by atoms with Crippen LogP contribution in [0, 0.1) is 0 Å². The Labute approximate surface area is 199 Å². The fourth-order valence-corrected chi connectivity index (χ4v) is 4.72. The first-order valence-electron chi connectivity index (χ1n) is 11.7. The minimum Gasteiger partial charge on any atom is -0.377 e. The number of pyridine rings is 2. The van der Waals surface area contributed by atoms with E-state index in [2.05, 4.69) is 26.9 Å². The van der Waals surface area contributed by atoms with E-state index >= 15 is 0 Å². The summed E-state index contributed by atoms with van der Waals surface area (Å²) in [5.41, 5.74) is 2.68. The van der Waals surface area contributed by atoms with Gasteiger partial charge in [-0.15, -0.1) is 5.10 Å². The number of nitrogens with zero attached hydrogens (tertiary/aromatic N) is 7. The number of fused-ring (bicyclic) bond motifs is 2. The van der Waals surface area contributed by atoms with Crippen molar-refractivity contribution < 1.29 is 18.3 Å². The lowest BCUT2D eigenvalue weighted by Crippen LogP contribution is -2.44. The molecule has 0 unspecified atom stereocenters. The van der Waals surface area contributed by atoms with Gasteiger partial charge in [0.05, 0.1) is 36.7 Å². The number of likely N-dealkylation sites (tertiary alicyclic amines) is 1. The Morgan fingerprint density at radius 1 is 1.17 bits per heavy atom. The normalized spacial score (nSPS) is 20.6. The highest BCUT2D eigenvalue weighted by atomic mass is 19.3. The molecule has 0 spiro atoms. The molecule has 2 aliphatic heterocycles. The van der Waals surface area contributed by atoms with Crippen LogP contribution in [0.15, 0.2) is 42.9 Å². The van der Waals surface area contributed by atoms with Crippen LogP contribution in [0.2, 0.25) is 0 Å². The van der Waals surface area contributed by atoms with Crippen molar-refractivity contribution in [2.45, 2.75) is 31.7 Å². The number of halogens is 2. The SMILES string of the molecule is C[C@H]1COCCN1c1nc2ccc(-n3ccc4cc(C(=O)N5CCC(F)(F)CC5)cnc43)cn2n1. The highest BCUT2D eigenvalue weighted by molar-refractivity contribution is 5.97. The van der Waals surface area contributed by atoms with Crippen molar-refractivity contribution in [2.24, 2.45) is 0 Å². The third kappa shape index (κ3) is 3.99. The van der Waals surface area contributed by atoms with Gasteiger partial charge in [0, 0.05) is 50.3 Å². The number of hydrogen-bond acceptors (Lipinski definition) is 6. The lowest BCUT2D eigenvalue weighted by Gasteiger charge is -2.32. The van der Waals surface area contributed by atoms with Gasteiger partial charge in [-0.1, -0.05) is 0 Å². The van der Waals surface area contributed by atoms with Gasteiger partial charge >= 0.3 is 0 Å². The third-order valence-electron chi connectivity index (χ3n) is 6.76. The molecular weight excluding hydrogens is 456 g/mol. The summed E-state index contributed by atoms with van der Waals surface area (Å²) >= 11 is 0. The van der Waals surface area contributed by atoms with Crippen molar-refractivity contribution >= 4 is 28.5 Å². The zero-order valence-corrected chi connectivity index (χ0v) is 19.3. The van der Waals surface area contributed by atoms with Crippen molar-refractivity contribution in [2.75, 3.05) is 37.7 Å². The fraction of sp³-hybridized carbons (Fsp3) is 0.417. The molecule has 0 aliphatic carbocycles. The van der Waals surface area contributed by atoms with Crippen LogP contribution in [0.4, 0.5) is 14.7 Å². The van der Waals surface area contributed by atoms with Gasteiger partial charge in [-0.25, -0.2) is 18.3 Å². The second-order valence-electron chi connectivity index (χ2n) is 9.19. The molecule has 0 saturated carbocycles. The van der Waals surface area contributed by atoms with Gasteiger partial charge in [0.15, 0.2) is 5.65 Å². The van der Waals surface area contributed by atoms with Crippen molar-refractivity contribution in [1.82, 2.24) is 29.0 Å².